The molecule has 20 heavy (non-hydrogen) atoms. The zero-order chi connectivity index (χ0) is 14.7. The van der Waals surface area contributed by atoms with Crippen molar-refractivity contribution in [1.82, 2.24) is 0 Å². The van der Waals surface area contributed by atoms with E-state index in [9.17, 15) is 9.59 Å². The molecule has 1 aromatic rings. The van der Waals surface area contributed by atoms with E-state index in [-0.39, 0.29) is 5.91 Å². The molecule has 0 saturated heterocycles. The number of ether oxygens (including phenoxy) is 1. The second-order valence-corrected chi connectivity index (χ2v) is 5.67. The van der Waals surface area contributed by atoms with E-state index in [1.165, 1.54) is 0 Å². The maximum atomic E-state index is 12.1. The van der Waals surface area contributed by atoms with Crippen molar-refractivity contribution in [3.05, 3.63) is 28.2 Å². The van der Waals surface area contributed by atoms with Gasteiger partial charge >= 0.3 is 5.97 Å². The van der Waals surface area contributed by atoms with Gasteiger partial charge in [0, 0.05) is 22.8 Å². The first-order valence-electron chi connectivity index (χ1n) is 6.34. The molecule has 6 heteroatoms. The van der Waals surface area contributed by atoms with Crippen LogP contribution in [-0.4, -0.2) is 24.1 Å². The smallest absolute Gasteiger partial charge is 0.307 e. The van der Waals surface area contributed by atoms with Gasteiger partial charge in [-0.1, -0.05) is 22.0 Å². The van der Waals surface area contributed by atoms with Gasteiger partial charge in [0.1, 0.15) is 0 Å². The highest BCUT2D eigenvalue weighted by Crippen LogP contribution is 2.36. The number of carboxylic acid groups (broad SMARTS) is 1. The second kappa shape index (κ2) is 6.37. The van der Waals surface area contributed by atoms with E-state index in [0.717, 1.165) is 10.0 Å². The fourth-order valence-electron chi connectivity index (χ4n) is 2.30. The van der Waals surface area contributed by atoms with Crippen LogP contribution in [0.5, 0.6) is 0 Å². The normalized spacial score (nSPS) is 21.1. The summed E-state index contributed by atoms with van der Waals surface area (Å²) in [6.07, 6.45) is 1.19. The standard InChI is InChI=1S/C14H16BrNO4/c1-20-7-10-11(15)3-2-4-12(10)16-13(17)8-5-6-9(8)14(18)19/h2-4,8-9H,5-7H2,1H3,(H,16,17)(H,18,19). The minimum absolute atomic E-state index is 0.237. The number of carbonyl (C=O) groups is 2. The van der Waals surface area contributed by atoms with Gasteiger partial charge in [-0.25, -0.2) is 0 Å². The highest BCUT2D eigenvalue weighted by Gasteiger charge is 2.41. The van der Waals surface area contributed by atoms with Gasteiger partial charge in [-0.15, -0.1) is 0 Å². The highest BCUT2D eigenvalue weighted by atomic mass is 79.9. The van der Waals surface area contributed by atoms with Gasteiger partial charge in [-0.3, -0.25) is 9.59 Å². The van der Waals surface area contributed by atoms with Crippen LogP contribution in [0.1, 0.15) is 18.4 Å². The first kappa shape index (κ1) is 15.0. The Labute approximate surface area is 125 Å². The molecule has 1 aromatic carbocycles. The van der Waals surface area contributed by atoms with Crippen LogP contribution in [-0.2, 0) is 20.9 Å². The van der Waals surface area contributed by atoms with Crippen LogP contribution >= 0.6 is 15.9 Å². The van der Waals surface area contributed by atoms with E-state index in [4.69, 9.17) is 9.84 Å². The van der Waals surface area contributed by atoms with Crippen molar-refractivity contribution in [3.8, 4) is 0 Å². The van der Waals surface area contributed by atoms with E-state index in [2.05, 4.69) is 21.2 Å². The van der Waals surface area contributed by atoms with Crippen LogP contribution in [0.15, 0.2) is 22.7 Å². The van der Waals surface area contributed by atoms with Crippen LogP contribution in [0.3, 0.4) is 0 Å². The number of benzene rings is 1. The molecule has 2 N–H and O–H groups in total. The predicted molar refractivity (Wildman–Crippen MR) is 77.3 cm³/mol. The topological polar surface area (TPSA) is 75.6 Å². The molecule has 0 radical (unpaired) electrons. The molecule has 1 aliphatic carbocycles. The fraction of sp³-hybridized carbons (Fsp3) is 0.429. The van der Waals surface area contributed by atoms with Gasteiger partial charge in [0.15, 0.2) is 0 Å². The maximum absolute atomic E-state index is 12.1. The Hall–Kier alpha value is -1.40. The van der Waals surface area contributed by atoms with E-state index in [1.54, 1.807) is 13.2 Å². The third kappa shape index (κ3) is 3.02. The van der Waals surface area contributed by atoms with Crippen molar-refractivity contribution < 1.29 is 19.4 Å². The first-order valence-corrected chi connectivity index (χ1v) is 7.14. The van der Waals surface area contributed by atoms with Crippen molar-refractivity contribution >= 4 is 33.5 Å². The summed E-state index contributed by atoms with van der Waals surface area (Å²) in [6.45, 7) is 0.365. The molecule has 1 aliphatic rings. The Morgan fingerprint density at radius 3 is 2.65 bits per heavy atom. The van der Waals surface area contributed by atoms with E-state index in [1.807, 2.05) is 12.1 Å². The number of hydrogen-bond acceptors (Lipinski definition) is 3. The predicted octanol–water partition coefficient (Wildman–Crippen LogP) is 2.64. The summed E-state index contributed by atoms with van der Waals surface area (Å²) in [4.78, 5) is 23.1. The number of aliphatic carboxylic acids is 1. The molecular formula is C14H16BrNO4. The minimum atomic E-state index is -0.900. The van der Waals surface area contributed by atoms with Crippen molar-refractivity contribution in [1.29, 1.82) is 0 Å². The van der Waals surface area contributed by atoms with Gasteiger partial charge in [0.25, 0.3) is 0 Å². The summed E-state index contributed by atoms with van der Waals surface area (Å²) >= 11 is 3.42. The number of carboxylic acids is 1. The summed E-state index contributed by atoms with van der Waals surface area (Å²) in [5.74, 6) is -2.14. The van der Waals surface area contributed by atoms with Crippen molar-refractivity contribution in [2.75, 3.05) is 12.4 Å². The lowest BCUT2D eigenvalue weighted by molar-refractivity contribution is -0.151. The second-order valence-electron chi connectivity index (χ2n) is 4.82. The van der Waals surface area contributed by atoms with Gasteiger partial charge in [0.05, 0.1) is 18.4 Å². The molecule has 5 nitrogen and oxygen atoms in total. The summed E-state index contributed by atoms with van der Waals surface area (Å²) in [5, 5.41) is 11.8. The van der Waals surface area contributed by atoms with Gasteiger partial charge in [-0.2, -0.15) is 0 Å². The first-order chi connectivity index (χ1) is 9.54. The monoisotopic (exact) mass is 341 g/mol. The summed E-state index contributed by atoms with van der Waals surface area (Å²) in [6, 6.07) is 5.47. The van der Waals surface area contributed by atoms with E-state index >= 15 is 0 Å². The number of carbonyl (C=O) groups excluding carboxylic acids is 1. The van der Waals surface area contributed by atoms with Crippen molar-refractivity contribution in [3.63, 3.8) is 0 Å². The molecule has 108 valence electrons. The lowest BCUT2D eigenvalue weighted by atomic mass is 9.73. The minimum Gasteiger partial charge on any atom is -0.481 e. The van der Waals surface area contributed by atoms with Crippen LogP contribution < -0.4 is 5.32 Å². The number of nitrogens with one attached hydrogen (secondary N) is 1. The number of rotatable bonds is 5. The maximum Gasteiger partial charge on any atom is 0.307 e. The number of halogens is 1. The Balaban J connectivity index is 2.12. The molecule has 1 amide bonds. The average molecular weight is 342 g/mol. The molecule has 0 aliphatic heterocycles. The van der Waals surface area contributed by atoms with Gasteiger partial charge < -0.3 is 15.2 Å². The molecular weight excluding hydrogens is 326 g/mol. The molecule has 0 heterocycles. The van der Waals surface area contributed by atoms with Crippen LogP contribution in [0.2, 0.25) is 0 Å². The van der Waals surface area contributed by atoms with Gasteiger partial charge in [0.2, 0.25) is 5.91 Å². The molecule has 0 spiro atoms. The van der Waals surface area contributed by atoms with Crippen molar-refractivity contribution in [2.24, 2.45) is 11.8 Å². The van der Waals surface area contributed by atoms with E-state index < -0.39 is 17.8 Å². The number of anilines is 1. The largest absolute Gasteiger partial charge is 0.481 e. The lowest BCUT2D eigenvalue weighted by Crippen LogP contribution is -2.41. The summed E-state index contributed by atoms with van der Waals surface area (Å²) in [7, 11) is 1.58. The van der Waals surface area contributed by atoms with Crippen LogP contribution in [0.25, 0.3) is 0 Å². The zero-order valence-electron chi connectivity index (χ0n) is 11.1. The van der Waals surface area contributed by atoms with Gasteiger partial charge in [-0.05, 0) is 25.0 Å². The van der Waals surface area contributed by atoms with Crippen molar-refractivity contribution in [2.45, 2.75) is 19.4 Å². The SMILES string of the molecule is COCc1c(Br)cccc1NC(=O)C1CCC1C(=O)O. The molecule has 2 unspecified atom stereocenters. The lowest BCUT2D eigenvalue weighted by Gasteiger charge is -2.32. The molecule has 1 saturated carbocycles. The fourth-order valence-corrected chi connectivity index (χ4v) is 2.78. The molecule has 1 fully saturated rings. The number of hydrogen-bond donors (Lipinski definition) is 2. The Kier molecular flexibility index (Phi) is 4.77. The average Bonchev–Trinajstić information content (AvgIpc) is 2.31. The number of amides is 1. The Morgan fingerprint density at radius 2 is 2.10 bits per heavy atom. The Morgan fingerprint density at radius 1 is 1.40 bits per heavy atom. The molecule has 0 bridgehead atoms. The zero-order valence-corrected chi connectivity index (χ0v) is 12.6. The highest BCUT2D eigenvalue weighted by molar-refractivity contribution is 9.10. The Bertz CT molecular complexity index is 532. The third-order valence-electron chi connectivity index (χ3n) is 3.59. The molecule has 2 atom stereocenters. The summed E-state index contributed by atoms with van der Waals surface area (Å²) < 4.78 is 5.96. The van der Waals surface area contributed by atoms with E-state index in [0.29, 0.717) is 25.1 Å². The molecule has 0 aromatic heterocycles. The van der Waals surface area contributed by atoms with Crippen LogP contribution in [0, 0.1) is 11.8 Å². The molecule has 2 rings (SSSR count). The third-order valence-corrected chi connectivity index (χ3v) is 4.34. The summed E-state index contributed by atoms with van der Waals surface area (Å²) in [5.41, 5.74) is 1.50. The van der Waals surface area contributed by atoms with Crippen LogP contribution in [0.4, 0.5) is 5.69 Å². The number of methoxy groups -OCH3 is 1. The quantitative estimate of drug-likeness (QED) is 0.863.